The molecular weight excluding hydrogens is 430 g/mol. The summed E-state index contributed by atoms with van der Waals surface area (Å²) in [5.41, 5.74) is 6.75. The van der Waals surface area contributed by atoms with E-state index >= 15 is 0 Å². The number of nitrogens with zero attached hydrogens (tertiary/aromatic N) is 4. The van der Waals surface area contributed by atoms with E-state index in [1.54, 1.807) is 5.01 Å². The Balaban J connectivity index is 1.50. The number of fused-ring (bicyclic) bond motifs is 1. The van der Waals surface area contributed by atoms with Gasteiger partial charge in [0, 0.05) is 36.7 Å². The van der Waals surface area contributed by atoms with E-state index in [2.05, 4.69) is 103 Å². The number of hydrazone groups is 1. The van der Waals surface area contributed by atoms with E-state index in [-0.39, 0.29) is 0 Å². The number of hydrogen-bond donors (Lipinski definition) is 1. The number of pyridine rings is 1. The Morgan fingerprint density at radius 3 is 2.60 bits per heavy atom. The van der Waals surface area contributed by atoms with Crippen LogP contribution in [0.5, 0.6) is 0 Å². The van der Waals surface area contributed by atoms with Gasteiger partial charge in [-0.05, 0) is 105 Å². The van der Waals surface area contributed by atoms with E-state index in [0.717, 1.165) is 51.5 Å². The topological polar surface area (TPSA) is 43.8 Å². The van der Waals surface area contributed by atoms with Crippen LogP contribution in [0, 0.1) is 5.92 Å². The SMILES string of the molecule is C=NN(C)/C(C)=C(\C)c1ccc2cnc(NC(=C)c3cccc(CC4CCN(C)CC4)c3)cc2c1. The van der Waals surface area contributed by atoms with Crippen LogP contribution in [-0.4, -0.2) is 48.8 Å². The fourth-order valence-corrected chi connectivity index (χ4v) is 4.71. The van der Waals surface area contributed by atoms with Crippen molar-refractivity contribution in [3.8, 4) is 0 Å². The van der Waals surface area contributed by atoms with Gasteiger partial charge < -0.3 is 10.2 Å². The molecule has 4 rings (SSSR count). The molecule has 0 unspecified atom stereocenters. The number of likely N-dealkylation sites (tertiary alicyclic amines) is 1. The van der Waals surface area contributed by atoms with Gasteiger partial charge in [0.2, 0.25) is 0 Å². The van der Waals surface area contributed by atoms with Crippen LogP contribution in [0.1, 0.15) is 43.4 Å². The third kappa shape index (κ3) is 5.98. The molecule has 0 amide bonds. The summed E-state index contributed by atoms with van der Waals surface area (Å²) in [7, 11) is 4.12. The Bertz CT molecular complexity index is 1250. The highest BCUT2D eigenvalue weighted by atomic mass is 15.4. The maximum absolute atomic E-state index is 4.63. The standard InChI is InChI=1S/C30H37N5/c1-21(23(3)35(6)31-4)26-10-11-28-20-32-30(19-29(28)18-26)33-22(2)27-9-7-8-25(17-27)16-24-12-14-34(5)15-13-24/h7-11,17-20,24H,2,4,12-16H2,1,3,5-6H3,(H,32,33)/b23-21+. The van der Waals surface area contributed by atoms with Crippen molar-refractivity contribution in [2.45, 2.75) is 33.1 Å². The average Bonchev–Trinajstić information content (AvgIpc) is 2.88. The molecule has 1 aliphatic rings. The molecule has 5 nitrogen and oxygen atoms in total. The van der Waals surface area contributed by atoms with Crippen LogP contribution in [0.2, 0.25) is 0 Å². The molecule has 1 fully saturated rings. The van der Waals surface area contributed by atoms with Gasteiger partial charge in [0.25, 0.3) is 0 Å². The number of anilines is 1. The number of aromatic nitrogens is 1. The molecule has 182 valence electrons. The normalized spacial score (nSPS) is 15.5. The molecule has 1 aromatic heterocycles. The van der Waals surface area contributed by atoms with Gasteiger partial charge in [0.05, 0.1) is 0 Å². The van der Waals surface area contributed by atoms with E-state index in [4.69, 9.17) is 0 Å². The lowest BCUT2D eigenvalue weighted by Crippen LogP contribution is -2.30. The molecule has 1 aliphatic heterocycles. The van der Waals surface area contributed by atoms with Gasteiger partial charge in [0.1, 0.15) is 5.82 Å². The number of hydrogen-bond acceptors (Lipinski definition) is 5. The Morgan fingerprint density at radius 1 is 1.09 bits per heavy atom. The lowest BCUT2D eigenvalue weighted by molar-refractivity contribution is 0.219. The first kappa shape index (κ1) is 24.7. The van der Waals surface area contributed by atoms with E-state index in [1.165, 1.54) is 37.1 Å². The maximum atomic E-state index is 4.63. The first-order valence-corrected chi connectivity index (χ1v) is 12.4. The van der Waals surface area contributed by atoms with Gasteiger partial charge in [-0.15, -0.1) is 0 Å². The fourth-order valence-electron chi connectivity index (χ4n) is 4.71. The lowest BCUT2D eigenvalue weighted by Gasteiger charge is -2.29. The lowest BCUT2D eigenvalue weighted by atomic mass is 9.90. The summed E-state index contributed by atoms with van der Waals surface area (Å²) in [5.74, 6) is 1.56. The zero-order chi connectivity index (χ0) is 24.9. The second-order valence-corrected chi connectivity index (χ2v) is 9.76. The number of nitrogens with one attached hydrogen (secondary N) is 1. The molecule has 3 aromatic rings. The summed E-state index contributed by atoms with van der Waals surface area (Å²) in [5, 5.41) is 11.5. The molecule has 0 aliphatic carbocycles. The number of rotatable bonds is 8. The van der Waals surface area contributed by atoms with Crippen molar-refractivity contribution in [1.29, 1.82) is 0 Å². The summed E-state index contributed by atoms with van der Waals surface area (Å²) >= 11 is 0. The number of allylic oxidation sites excluding steroid dienone is 2. The van der Waals surface area contributed by atoms with E-state index in [9.17, 15) is 0 Å². The summed E-state index contributed by atoms with van der Waals surface area (Å²) in [6.07, 6.45) is 5.60. The predicted octanol–water partition coefficient (Wildman–Crippen LogP) is 6.50. The highest BCUT2D eigenvalue weighted by Crippen LogP contribution is 2.27. The second-order valence-electron chi connectivity index (χ2n) is 9.76. The minimum absolute atomic E-state index is 0.766. The quantitative estimate of drug-likeness (QED) is 0.303. The minimum atomic E-state index is 0.766. The van der Waals surface area contributed by atoms with Crippen molar-refractivity contribution in [2.75, 3.05) is 32.5 Å². The van der Waals surface area contributed by atoms with Crippen LogP contribution in [0.4, 0.5) is 5.82 Å². The van der Waals surface area contributed by atoms with Crippen LogP contribution in [0.25, 0.3) is 22.0 Å². The summed E-state index contributed by atoms with van der Waals surface area (Å²) in [6, 6.07) is 17.3. The molecule has 0 saturated carbocycles. The van der Waals surface area contributed by atoms with Gasteiger partial charge in [-0.25, -0.2) is 4.98 Å². The third-order valence-electron chi connectivity index (χ3n) is 7.31. The highest BCUT2D eigenvalue weighted by molar-refractivity contribution is 5.89. The van der Waals surface area contributed by atoms with Gasteiger partial charge in [0.15, 0.2) is 0 Å². The Morgan fingerprint density at radius 2 is 1.86 bits per heavy atom. The fraction of sp³-hybridized carbons (Fsp3) is 0.333. The van der Waals surface area contributed by atoms with Crippen molar-refractivity contribution in [3.63, 3.8) is 0 Å². The third-order valence-corrected chi connectivity index (χ3v) is 7.31. The molecule has 0 bridgehead atoms. The van der Waals surface area contributed by atoms with Crippen molar-refractivity contribution >= 4 is 34.6 Å². The smallest absolute Gasteiger partial charge is 0.130 e. The first-order chi connectivity index (χ1) is 16.8. The van der Waals surface area contributed by atoms with Gasteiger partial charge in [-0.2, -0.15) is 5.10 Å². The molecule has 1 saturated heterocycles. The van der Waals surface area contributed by atoms with Crippen LogP contribution >= 0.6 is 0 Å². The molecule has 2 heterocycles. The van der Waals surface area contributed by atoms with Crippen molar-refractivity contribution < 1.29 is 0 Å². The first-order valence-electron chi connectivity index (χ1n) is 12.4. The monoisotopic (exact) mass is 467 g/mol. The van der Waals surface area contributed by atoms with Crippen molar-refractivity contribution in [3.05, 3.63) is 83.7 Å². The van der Waals surface area contributed by atoms with E-state index < -0.39 is 0 Å². The molecule has 0 spiro atoms. The Kier molecular flexibility index (Phi) is 7.67. The molecule has 5 heteroatoms. The summed E-state index contributed by atoms with van der Waals surface area (Å²) in [4.78, 5) is 7.05. The molecule has 35 heavy (non-hydrogen) atoms. The van der Waals surface area contributed by atoms with E-state index in [1.807, 2.05) is 13.2 Å². The predicted molar refractivity (Wildman–Crippen MR) is 150 cm³/mol. The highest BCUT2D eigenvalue weighted by Gasteiger charge is 2.17. The largest absolute Gasteiger partial charge is 0.340 e. The summed E-state index contributed by atoms with van der Waals surface area (Å²) < 4.78 is 0. The number of benzene rings is 2. The number of piperidine rings is 1. The Labute approximate surface area is 209 Å². The van der Waals surface area contributed by atoms with Gasteiger partial charge in [-0.1, -0.05) is 36.9 Å². The van der Waals surface area contributed by atoms with Crippen LogP contribution in [0.3, 0.4) is 0 Å². The van der Waals surface area contributed by atoms with Crippen LogP contribution in [0.15, 0.2) is 72.1 Å². The van der Waals surface area contributed by atoms with Crippen LogP contribution in [-0.2, 0) is 6.42 Å². The van der Waals surface area contributed by atoms with Crippen molar-refractivity contribution in [2.24, 2.45) is 11.0 Å². The second kappa shape index (κ2) is 10.9. The molecule has 1 N–H and O–H groups in total. The average molecular weight is 468 g/mol. The molecule has 2 aromatic carbocycles. The zero-order valence-corrected chi connectivity index (χ0v) is 21.5. The van der Waals surface area contributed by atoms with E-state index in [0.29, 0.717) is 0 Å². The maximum Gasteiger partial charge on any atom is 0.130 e. The summed E-state index contributed by atoms with van der Waals surface area (Å²) in [6.45, 7) is 14.5. The molecule has 0 radical (unpaired) electrons. The van der Waals surface area contributed by atoms with Crippen molar-refractivity contribution in [1.82, 2.24) is 14.9 Å². The van der Waals surface area contributed by atoms with Gasteiger partial charge in [-0.3, -0.25) is 5.01 Å². The van der Waals surface area contributed by atoms with Crippen LogP contribution < -0.4 is 5.32 Å². The van der Waals surface area contributed by atoms with Gasteiger partial charge >= 0.3 is 0 Å². The molecule has 0 atom stereocenters. The minimum Gasteiger partial charge on any atom is -0.340 e. The zero-order valence-electron chi connectivity index (χ0n) is 21.5. The Hall–Kier alpha value is -3.44. The molecular formula is C30H37N5.